The van der Waals surface area contributed by atoms with Crippen molar-refractivity contribution in [3.05, 3.63) is 29.8 Å². The molecule has 4 N–H and O–H groups in total. The molecular weight excluding hydrogens is 464 g/mol. The van der Waals surface area contributed by atoms with Crippen LogP contribution in [0, 0.1) is 46.8 Å². The van der Waals surface area contributed by atoms with E-state index in [-0.39, 0.29) is 30.2 Å². The predicted molar refractivity (Wildman–Crippen MR) is 144 cm³/mol. The van der Waals surface area contributed by atoms with E-state index >= 15 is 0 Å². The van der Waals surface area contributed by atoms with Crippen molar-refractivity contribution in [2.75, 3.05) is 13.7 Å². The van der Waals surface area contributed by atoms with Gasteiger partial charge in [0.15, 0.2) is 5.78 Å². The molecule has 8 unspecified atom stereocenters. The van der Waals surface area contributed by atoms with Crippen molar-refractivity contribution in [2.24, 2.45) is 58.5 Å². The summed E-state index contributed by atoms with van der Waals surface area (Å²) in [6.45, 7) is 4.92. The number of carbonyl (C=O) groups excluding carboxylic acids is 2. The summed E-state index contributed by atoms with van der Waals surface area (Å²) in [6.07, 6.45) is 11.4. The number of urea groups is 1. The average molecular weight is 511 g/mol. The van der Waals surface area contributed by atoms with Gasteiger partial charge in [0.1, 0.15) is 5.75 Å². The van der Waals surface area contributed by atoms with Gasteiger partial charge in [-0.2, -0.15) is 0 Å². The Kier molecular flexibility index (Phi) is 7.56. The maximum Gasteiger partial charge on any atom is 0.348 e. The Morgan fingerprint density at radius 3 is 2.41 bits per heavy atom. The summed E-state index contributed by atoms with van der Waals surface area (Å²) < 4.78 is 5.18. The quantitative estimate of drug-likeness (QED) is 0.313. The fraction of sp³-hybridized carbons (Fsp3) is 0.733. The van der Waals surface area contributed by atoms with Crippen LogP contribution in [0.2, 0.25) is 0 Å². The Labute approximate surface area is 222 Å². The molecule has 4 aliphatic rings. The van der Waals surface area contributed by atoms with Crippen molar-refractivity contribution in [2.45, 2.75) is 78.2 Å². The molecule has 4 saturated carbocycles. The van der Waals surface area contributed by atoms with Crippen LogP contribution in [0.1, 0.15) is 77.2 Å². The molecule has 37 heavy (non-hydrogen) atoms. The number of amides is 2. The highest BCUT2D eigenvalue weighted by Crippen LogP contribution is 2.64. The van der Waals surface area contributed by atoms with Crippen molar-refractivity contribution < 1.29 is 14.3 Å². The molecule has 4 fully saturated rings. The van der Waals surface area contributed by atoms with Gasteiger partial charge in [-0.1, -0.05) is 32.4 Å². The van der Waals surface area contributed by atoms with Crippen LogP contribution in [0.5, 0.6) is 5.75 Å². The van der Waals surface area contributed by atoms with Crippen LogP contribution in [-0.4, -0.2) is 35.5 Å². The molecule has 0 bridgehead atoms. The standard InChI is InChI=1S/C30H46N4O3/c1-19-4-10-23-21(16-19)7-11-25-24(23)14-15-30(2)26(25)12-13-27(30)28(35)18-34(32)29(36)33(31)17-20-5-8-22(37-3)9-6-20/h5-6,8-9,19,21,23-27H,4,7,10-18,31-32H2,1-3H3. The second kappa shape index (κ2) is 10.6. The Morgan fingerprint density at radius 2 is 1.68 bits per heavy atom. The summed E-state index contributed by atoms with van der Waals surface area (Å²) in [5.74, 6) is 17.9. The molecule has 8 atom stereocenters. The van der Waals surface area contributed by atoms with Gasteiger partial charge in [-0.25, -0.2) is 16.5 Å². The molecule has 0 aromatic heterocycles. The Balaban J connectivity index is 1.19. The third-order valence-electron chi connectivity index (χ3n) is 10.9. The molecule has 7 heteroatoms. The molecule has 0 heterocycles. The monoisotopic (exact) mass is 510 g/mol. The fourth-order valence-electron chi connectivity index (χ4n) is 9.12. The summed E-state index contributed by atoms with van der Waals surface area (Å²) in [4.78, 5) is 26.4. The van der Waals surface area contributed by atoms with E-state index in [1.165, 1.54) is 38.5 Å². The van der Waals surface area contributed by atoms with Gasteiger partial charge in [-0.05, 0) is 110 Å². The first kappa shape index (κ1) is 26.5. The number of carbonyl (C=O) groups is 2. The van der Waals surface area contributed by atoms with E-state index in [9.17, 15) is 9.59 Å². The third kappa shape index (κ3) is 5.01. The zero-order chi connectivity index (χ0) is 26.3. The van der Waals surface area contributed by atoms with Crippen molar-refractivity contribution in [1.29, 1.82) is 0 Å². The number of Topliss-reactive ketones (excluding diaryl/α,β-unsaturated/α-hetero) is 1. The van der Waals surface area contributed by atoms with Gasteiger partial charge in [-0.3, -0.25) is 14.8 Å². The van der Waals surface area contributed by atoms with Crippen LogP contribution in [0.4, 0.5) is 4.79 Å². The van der Waals surface area contributed by atoms with Crippen molar-refractivity contribution in [3.8, 4) is 5.75 Å². The molecule has 0 saturated heterocycles. The average Bonchev–Trinajstić information content (AvgIpc) is 3.25. The largest absolute Gasteiger partial charge is 0.497 e. The smallest absolute Gasteiger partial charge is 0.348 e. The molecule has 5 rings (SSSR count). The van der Waals surface area contributed by atoms with Gasteiger partial charge in [0, 0.05) is 5.92 Å². The lowest BCUT2D eigenvalue weighted by Crippen LogP contribution is -2.53. The first-order chi connectivity index (χ1) is 17.7. The minimum Gasteiger partial charge on any atom is -0.497 e. The first-order valence-electron chi connectivity index (χ1n) is 14.4. The van der Waals surface area contributed by atoms with Crippen LogP contribution in [0.3, 0.4) is 0 Å². The van der Waals surface area contributed by atoms with Crippen molar-refractivity contribution in [1.82, 2.24) is 10.0 Å². The fourth-order valence-corrected chi connectivity index (χ4v) is 9.12. The van der Waals surface area contributed by atoms with E-state index in [1.54, 1.807) is 7.11 Å². The van der Waals surface area contributed by atoms with E-state index in [0.717, 1.165) is 70.2 Å². The normalized spacial score (nSPS) is 36.6. The molecule has 1 aromatic rings. The molecule has 204 valence electrons. The van der Waals surface area contributed by atoms with Gasteiger partial charge < -0.3 is 4.74 Å². The number of fused-ring (bicyclic) bond motifs is 5. The molecule has 2 amide bonds. The number of hydrazine groups is 2. The van der Waals surface area contributed by atoms with E-state index in [1.807, 2.05) is 24.3 Å². The molecule has 0 spiro atoms. The number of rotatable bonds is 6. The lowest BCUT2D eigenvalue weighted by atomic mass is 9.49. The van der Waals surface area contributed by atoms with Crippen LogP contribution in [0.25, 0.3) is 0 Å². The highest BCUT2D eigenvalue weighted by Gasteiger charge is 2.58. The number of hydrogen-bond donors (Lipinski definition) is 2. The summed E-state index contributed by atoms with van der Waals surface area (Å²) in [7, 11) is 1.61. The lowest BCUT2D eigenvalue weighted by molar-refractivity contribution is -0.131. The van der Waals surface area contributed by atoms with E-state index in [2.05, 4.69) is 13.8 Å². The molecule has 4 aliphatic carbocycles. The van der Waals surface area contributed by atoms with Crippen LogP contribution < -0.4 is 16.4 Å². The molecule has 0 radical (unpaired) electrons. The number of benzene rings is 1. The third-order valence-corrected chi connectivity index (χ3v) is 10.9. The molecular formula is C30H46N4O3. The number of nitrogens with zero attached hydrogens (tertiary/aromatic N) is 2. The van der Waals surface area contributed by atoms with Crippen molar-refractivity contribution in [3.63, 3.8) is 0 Å². The van der Waals surface area contributed by atoms with Crippen LogP contribution >= 0.6 is 0 Å². The number of nitrogens with two attached hydrogens (primary N) is 2. The Bertz CT molecular complexity index is 984. The highest BCUT2D eigenvalue weighted by atomic mass is 16.5. The van der Waals surface area contributed by atoms with Gasteiger partial charge in [0.25, 0.3) is 0 Å². The summed E-state index contributed by atoms with van der Waals surface area (Å²) in [6, 6.07) is 6.82. The molecule has 0 aliphatic heterocycles. The Hall–Kier alpha value is -2.12. The second-order valence-corrected chi connectivity index (χ2v) is 12.9. The van der Waals surface area contributed by atoms with Crippen LogP contribution in [0.15, 0.2) is 24.3 Å². The molecule has 7 nitrogen and oxygen atoms in total. The number of ether oxygens (including phenoxy) is 1. The van der Waals surface area contributed by atoms with Crippen LogP contribution in [-0.2, 0) is 11.3 Å². The van der Waals surface area contributed by atoms with Gasteiger partial charge >= 0.3 is 6.03 Å². The number of hydrogen-bond acceptors (Lipinski definition) is 5. The van der Waals surface area contributed by atoms with E-state index in [4.69, 9.17) is 16.4 Å². The number of ketones is 1. The van der Waals surface area contributed by atoms with Gasteiger partial charge in [0.05, 0.1) is 20.2 Å². The zero-order valence-electron chi connectivity index (χ0n) is 22.9. The minimum atomic E-state index is -0.544. The topological polar surface area (TPSA) is 102 Å². The zero-order valence-corrected chi connectivity index (χ0v) is 22.9. The lowest BCUT2D eigenvalue weighted by Gasteiger charge is -2.56. The van der Waals surface area contributed by atoms with E-state index < -0.39 is 6.03 Å². The minimum absolute atomic E-state index is 0.0192. The van der Waals surface area contributed by atoms with Gasteiger partial charge in [-0.15, -0.1) is 0 Å². The van der Waals surface area contributed by atoms with Gasteiger partial charge in [0.2, 0.25) is 0 Å². The maximum atomic E-state index is 13.5. The predicted octanol–water partition coefficient (Wildman–Crippen LogP) is 5.14. The molecule has 1 aromatic carbocycles. The first-order valence-corrected chi connectivity index (χ1v) is 14.4. The summed E-state index contributed by atoms with van der Waals surface area (Å²) in [5.41, 5.74) is 0.893. The maximum absolute atomic E-state index is 13.5. The number of methoxy groups -OCH3 is 1. The summed E-state index contributed by atoms with van der Waals surface area (Å²) >= 11 is 0. The Morgan fingerprint density at radius 1 is 0.946 bits per heavy atom. The summed E-state index contributed by atoms with van der Waals surface area (Å²) in [5, 5.41) is 2.07. The second-order valence-electron chi connectivity index (χ2n) is 12.9. The van der Waals surface area contributed by atoms with Crippen molar-refractivity contribution >= 4 is 11.8 Å². The SMILES string of the molecule is COc1ccc(CN(N)C(=O)N(N)CC(=O)C2CCC3C4CCC5CC(C)CCC5C4CCC23C)cc1. The van der Waals surface area contributed by atoms with E-state index in [0.29, 0.717) is 5.92 Å². The highest BCUT2D eigenvalue weighted by molar-refractivity contribution is 5.87.